The van der Waals surface area contributed by atoms with Crippen molar-refractivity contribution in [2.75, 3.05) is 46.7 Å². The van der Waals surface area contributed by atoms with E-state index in [-0.39, 0.29) is 5.91 Å². The summed E-state index contributed by atoms with van der Waals surface area (Å²) in [4.78, 5) is 23.7. The minimum Gasteiger partial charge on any atom is -0.461 e. The number of carbonyl (C=O) groups excluding carboxylic acids is 1. The van der Waals surface area contributed by atoms with E-state index < -0.39 is 0 Å². The van der Waals surface area contributed by atoms with Crippen LogP contribution in [-0.4, -0.2) is 67.4 Å². The van der Waals surface area contributed by atoms with Gasteiger partial charge < -0.3 is 19.4 Å². The van der Waals surface area contributed by atoms with E-state index >= 15 is 0 Å². The molecule has 0 aliphatic rings. The van der Waals surface area contributed by atoms with E-state index in [1.165, 1.54) is 11.8 Å². The predicted molar refractivity (Wildman–Crippen MR) is 103 cm³/mol. The lowest BCUT2D eigenvalue weighted by Crippen LogP contribution is -2.30. The molecule has 0 radical (unpaired) electrons. The van der Waals surface area contributed by atoms with Crippen LogP contribution in [0.3, 0.4) is 0 Å². The first-order chi connectivity index (χ1) is 12.6. The molecule has 0 spiro atoms. The van der Waals surface area contributed by atoms with Crippen LogP contribution < -0.4 is 5.32 Å². The Morgan fingerprint density at radius 1 is 1.38 bits per heavy atom. The molecular formula is C18H26N4O3S. The van der Waals surface area contributed by atoms with E-state index in [2.05, 4.69) is 20.2 Å². The van der Waals surface area contributed by atoms with Crippen molar-refractivity contribution >= 4 is 17.7 Å². The van der Waals surface area contributed by atoms with Crippen molar-refractivity contribution in [3.8, 4) is 11.6 Å². The molecule has 1 amide bonds. The van der Waals surface area contributed by atoms with E-state index in [0.717, 1.165) is 19.5 Å². The van der Waals surface area contributed by atoms with Crippen LogP contribution in [0, 0.1) is 6.92 Å². The van der Waals surface area contributed by atoms with Gasteiger partial charge in [-0.2, -0.15) is 0 Å². The van der Waals surface area contributed by atoms with E-state index in [1.807, 2.05) is 20.2 Å². The summed E-state index contributed by atoms with van der Waals surface area (Å²) in [5.41, 5.74) is 1.17. The molecule has 0 atom stereocenters. The van der Waals surface area contributed by atoms with Crippen molar-refractivity contribution in [1.82, 2.24) is 20.2 Å². The molecule has 26 heavy (non-hydrogen) atoms. The van der Waals surface area contributed by atoms with Crippen molar-refractivity contribution in [2.24, 2.45) is 0 Å². The summed E-state index contributed by atoms with van der Waals surface area (Å²) in [5, 5.41) is 3.62. The lowest BCUT2D eigenvalue weighted by Gasteiger charge is -2.16. The Kier molecular flexibility index (Phi) is 8.08. The molecule has 0 aromatic carbocycles. The highest BCUT2D eigenvalue weighted by atomic mass is 32.2. The molecular weight excluding hydrogens is 352 g/mol. The monoisotopic (exact) mass is 378 g/mol. The van der Waals surface area contributed by atoms with E-state index in [9.17, 15) is 4.79 Å². The number of hydrogen-bond acceptors (Lipinski definition) is 7. The zero-order valence-corrected chi connectivity index (χ0v) is 16.6. The van der Waals surface area contributed by atoms with Crippen molar-refractivity contribution in [3.63, 3.8) is 0 Å². The van der Waals surface area contributed by atoms with Gasteiger partial charge in [-0.15, -0.1) is 11.8 Å². The smallest absolute Gasteiger partial charge is 0.255 e. The third-order valence-corrected chi connectivity index (χ3v) is 4.58. The number of rotatable bonds is 10. The highest BCUT2D eigenvalue weighted by Crippen LogP contribution is 2.25. The predicted octanol–water partition coefficient (Wildman–Crippen LogP) is 2.47. The van der Waals surface area contributed by atoms with Gasteiger partial charge in [0.25, 0.3) is 5.91 Å². The Balaban J connectivity index is 1.98. The van der Waals surface area contributed by atoms with Crippen LogP contribution in [0.2, 0.25) is 0 Å². The zero-order chi connectivity index (χ0) is 18.9. The largest absolute Gasteiger partial charge is 0.461 e. The van der Waals surface area contributed by atoms with Crippen molar-refractivity contribution in [1.29, 1.82) is 0 Å². The Labute approximate surface area is 158 Å². The minimum atomic E-state index is -0.141. The summed E-state index contributed by atoms with van der Waals surface area (Å²) in [7, 11) is 3.73. The number of aromatic nitrogens is 2. The second-order valence-electron chi connectivity index (χ2n) is 5.90. The van der Waals surface area contributed by atoms with Crippen molar-refractivity contribution < 1.29 is 13.9 Å². The normalized spacial score (nSPS) is 11.1. The number of hydrogen-bond donors (Lipinski definition) is 1. The Morgan fingerprint density at radius 3 is 2.85 bits per heavy atom. The Hall–Kier alpha value is -1.90. The van der Waals surface area contributed by atoms with Gasteiger partial charge in [0, 0.05) is 20.2 Å². The highest BCUT2D eigenvalue weighted by Gasteiger charge is 2.19. The van der Waals surface area contributed by atoms with Crippen LogP contribution in [0.25, 0.3) is 11.6 Å². The van der Waals surface area contributed by atoms with Gasteiger partial charge in [0.1, 0.15) is 5.03 Å². The number of ether oxygens (including phenoxy) is 1. The number of likely N-dealkylation sites (N-methyl/N-ethyl adjacent to an activating group) is 1. The molecule has 0 saturated heterocycles. The molecule has 0 aliphatic carbocycles. The first kappa shape index (κ1) is 20.4. The molecule has 0 saturated carbocycles. The number of nitrogens with zero attached hydrogens (tertiary/aromatic N) is 3. The van der Waals surface area contributed by atoms with Gasteiger partial charge >= 0.3 is 0 Å². The third-order valence-electron chi connectivity index (χ3n) is 3.90. The minimum absolute atomic E-state index is 0.141. The molecule has 2 heterocycles. The van der Waals surface area contributed by atoms with Gasteiger partial charge in [-0.25, -0.2) is 9.97 Å². The molecule has 1 N–H and O–H groups in total. The quantitative estimate of drug-likeness (QED) is 0.386. The third kappa shape index (κ3) is 5.55. The first-order valence-corrected chi connectivity index (χ1v) is 9.71. The summed E-state index contributed by atoms with van der Waals surface area (Å²) in [6, 6.07) is 3.59. The number of thioether (sulfide) groups is 1. The number of amides is 1. The summed E-state index contributed by atoms with van der Waals surface area (Å²) in [6.45, 7) is 4.90. The average molecular weight is 378 g/mol. The number of furan rings is 1. The number of nitrogens with one attached hydrogen (secondary N) is 1. The standard InChI is InChI=1S/C18H26N4O3S/c1-13-15(17(23)19-8-6-9-22(2)10-12-24-3)18(26-4)21-16(20-13)14-7-5-11-25-14/h5,7,11H,6,8-10,12H2,1-4H3,(H,19,23). The highest BCUT2D eigenvalue weighted by molar-refractivity contribution is 7.98. The number of methoxy groups -OCH3 is 1. The summed E-state index contributed by atoms with van der Waals surface area (Å²) in [5.74, 6) is 0.944. The van der Waals surface area contributed by atoms with Gasteiger partial charge in [0.05, 0.1) is 24.1 Å². The molecule has 8 heteroatoms. The Bertz CT molecular complexity index is 707. The molecule has 0 fully saturated rings. The molecule has 142 valence electrons. The maximum Gasteiger partial charge on any atom is 0.255 e. The first-order valence-electron chi connectivity index (χ1n) is 8.49. The maximum atomic E-state index is 12.6. The fraction of sp³-hybridized carbons (Fsp3) is 0.500. The summed E-state index contributed by atoms with van der Waals surface area (Å²) < 4.78 is 10.4. The van der Waals surface area contributed by atoms with Crippen LogP contribution in [0.4, 0.5) is 0 Å². The van der Waals surface area contributed by atoms with Gasteiger partial charge in [-0.05, 0) is 45.3 Å². The molecule has 0 unspecified atom stereocenters. The maximum absolute atomic E-state index is 12.6. The fourth-order valence-electron chi connectivity index (χ4n) is 2.47. The van der Waals surface area contributed by atoms with Gasteiger partial charge in [-0.3, -0.25) is 4.79 Å². The number of carbonyl (C=O) groups is 1. The molecule has 7 nitrogen and oxygen atoms in total. The van der Waals surface area contributed by atoms with Crippen LogP contribution in [0.5, 0.6) is 0 Å². The average Bonchev–Trinajstić information content (AvgIpc) is 3.17. The van der Waals surface area contributed by atoms with E-state index in [1.54, 1.807) is 25.5 Å². The summed E-state index contributed by atoms with van der Waals surface area (Å²) in [6.07, 6.45) is 4.34. The van der Waals surface area contributed by atoms with Crippen LogP contribution in [0.1, 0.15) is 22.5 Å². The SMILES string of the molecule is COCCN(C)CCCNC(=O)c1c(C)nc(-c2ccco2)nc1SC. The molecule has 0 bridgehead atoms. The van der Waals surface area contributed by atoms with Crippen molar-refractivity contribution in [2.45, 2.75) is 18.4 Å². The molecule has 0 aliphatic heterocycles. The lowest BCUT2D eigenvalue weighted by atomic mass is 10.2. The van der Waals surface area contributed by atoms with E-state index in [4.69, 9.17) is 9.15 Å². The zero-order valence-electron chi connectivity index (χ0n) is 15.7. The van der Waals surface area contributed by atoms with E-state index in [0.29, 0.717) is 41.0 Å². The van der Waals surface area contributed by atoms with Crippen LogP contribution in [-0.2, 0) is 4.74 Å². The lowest BCUT2D eigenvalue weighted by molar-refractivity contribution is 0.0946. The van der Waals surface area contributed by atoms with Crippen LogP contribution in [0.15, 0.2) is 27.8 Å². The molecule has 2 aromatic rings. The van der Waals surface area contributed by atoms with Gasteiger partial charge in [-0.1, -0.05) is 0 Å². The van der Waals surface area contributed by atoms with Gasteiger partial charge in [0.2, 0.25) is 0 Å². The fourth-order valence-corrected chi connectivity index (χ4v) is 3.09. The van der Waals surface area contributed by atoms with Gasteiger partial charge in [0.15, 0.2) is 11.6 Å². The second kappa shape index (κ2) is 10.3. The Morgan fingerprint density at radius 2 is 2.19 bits per heavy atom. The molecule has 2 aromatic heterocycles. The second-order valence-corrected chi connectivity index (χ2v) is 6.69. The summed E-state index contributed by atoms with van der Waals surface area (Å²) >= 11 is 1.43. The molecule has 2 rings (SSSR count). The topological polar surface area (TPSA) is 80.5 Å². The van der Waals surface area contributed by atoms with Crippen molar-refractivity contribution in [3.05, 3.63) is 29.7 Å². The van der Waals surface area contributed by atoms with Crippen LogP contribution >= 0.6 is 11.8 Å². The number of aryl methyl sites for hydroxylation is 1.